The molecule has 0 fully saturated rings. The molecule has 80 valence electrons. The van der Waals surface area contributed by atoms with Crippen LogP contribution < -0.4 is 0 Å². The molecule has 0 aliphatic carbocycles. The molecular formula is C11H13NO2S. The molecule has 0 heterocycles. The van der Waals surface area contributed by atoms with Crippen LogP contribution in [0.2, 0.25) is 0 Å². The number of nitriles is 1. The highest BCUT2D eigenvalue weighted by atomic mass is 32.2. The van der Waals surface area contributed by atoms with Crippen LogP contribution in [0.3, 0.4) is 0 Å². The van der Waals surface area contributed by atoms with Crippen molar-refractivity contribution in [3.05, 3.63) is 35.4 Å². The van der Waals surface area contributed by atoms with Gasteiger partial charge in [0, 0.05) is 6.26 Å². The van der Waals surface area contributed by atoms with Gasteiger partial charge in [-0.1, -0.05) is 12.1 Å². The van der Waals surface area contributed by atoms with Gasteiger partial charge >= 0.3 is 0 Å². The Morgan fingerprint density at radius 3 is 2.00 bits per heavy atom. The van der Waals surface area contributed by atoms with E-state index in [0.717, 1.165) is 0 Å². The van der Waals surface area contributed by atoms with Gasteiger partial charge in [0.2, 0.25) is 0 Å². The quantitative estimate of drug-likeness (QED) is 0.768. The van der Waals surface area contributed by atoms with Crippen LogP contribution in [0.1, 0.15) is 25.0 Å². The maximum Gasteiger partial charge on any atom is 0.156 e. The number of nitrogens with zero attached hydrogens (tertiary/aromatic N) is 1. The third-order valence-corrected chi connectivity index (χ3v) is 4.73. The summed E-state index contributed by atoms with van der Waals surface area (Å²) in [6, 6.07) is 8.61. The highest BCUT2D eigenvalue weighted by molar-refractivity contribution is 7.91. The topological polar surface area (TPSA) is 57.9 Å². The van der Waals surface area contributed by atoms with Crippen LogP contribution in [0, 0.1) is 11.3 Å². The van der Waals surface area contributed by atoms with E-state index in [9.17, 15) is 8.42 Å². The fourth-order valence-electron chi connectivity index (χ4n) is 1.16. The summed E-state index contributed by atoms with van der Waals surface area (Å²) in [5.74, 6) is 0. The third kappa shape index (κ3) is 2.18. The molecule has 0 unspecified atom stereocenters. The average molecular weight is 223 g/mol. The summed E-state index contributed by atoms with van der Waals surface area (Å²) in [4.78, 5) is 0. The van der Waals surface area contributed by atoms with Crippen molar-refractivity contribution in [3.8, 4) is 6.07 Å². The van der Waals surface area contributed by atoms with Gasteiger partial charge in [-0.15, -0.1) is 0 Å². The fourth-order valence-corrected chi connectivity index (χ4v) is 1.72. The molecule has 15 heavy (non-hydrogen) atoms. The number of benzene rings is 1. The van der Waals surface area contributed by atoms with Gasteiger partial charge in [0.15, 0.2) is 9.84 Å². The van der Waals surface area contributed by atoms with E-state index >= 15 is 0 Å². The predicted octanol–water partition coefficient (Wildman–Crippen LogP) is 1.84. The molecule has 0 saturated carbocycles. The van der Waals surface area contributed by atoms with Crippen molar-refractivity contribution in [2.45, 2.75) is 18.6 Å². The van der Waals surface area contributed by atoms with Crippen LogP contribution in [0.4, 0.5) is 0 Å². The van der Waals surface area contributed by atoms with E-state index in [2.05, 4.69) is 0 Å². The van der Waals surface area contributed by atoms with Crippen molar-refractivity contribution >= 4 is 9.84 Å². The first-order valence-corrected chi connectivity index (χ1v) is 6.38. The molecule has 0 amide bonds. The summed E-state index contributed by atoms with van der Waals surface area (Å²) in [5, 5.41) is 8.62. The Morgan fingerprint density at radius 1 is 1.20 bits per heavy atom. The largest absolute Gasteiger partial charge is 0.228 e. The van der Waals surface area contributed by atoms with E-state index in [1.807, 2.05) is 6.07 Å². The van der Waals surface area contributed by atoms with Crippen LogP contribution in [-0.4, -0.2) is 14.7 Å². The lowest BCUT2D eigenvalue weighted by molar-refractivity contribution is 0.561. The Labute approximate surface area is 90.3 Å². The molecular weight excluding hydrogens is 210 g/mol. The first kappa shape index (κ1) is 11.7. The molecule has 1 aromatic carbocycles. The minimum absolute atomic E-state index is 0.531. The Hall–Kier alpha value is -1.34. The monoisotopic (exact) mass is 223 g/mol. The normalized spacial score (nSPS) is 12.1. The molecule has 0 N–H and O–H groups in total. The van der Waals surface area contributed by atoms with Gasteiger partial charge in [0.05, 0.1) is 16.4 Å². The zero-order chi connectivity index (χ0) is 11.7. The lowest BCUT2D eigenvalue weighted by Crippen LogP contribution is -2.27. The smallest absolute Gasteiger partial charge is 0.156 e. The number of sulfone groups is 1. The summed E-state index contributed by atoms with van der Waals surface area (Å²) in [6.07, 6.45) is 1.21. The lowest BCUT2D eigenvalue weighted by Gasteiger charge is -2.22. The van der Waals surface area contributed by atoms with Crippen molar-refractivity contribution in [3.63, 3.8) is 0 Å². The Balaban J connectivity index is 3.25. The first-order valence-electron chi connectivity index (χ1n) is 4.49. The summed E-state index contributed by atoms with van der Waals surface area (Å²) in [6.45, 7) is 3.31. The van der Waals surface area contributed by atoms with Gasteiger partial charge in [0.1, 0.15) is 0 Å². The van der Waals surface area contributed by atoms with E-state index in [4.69, 9.17) is 5.26 Å². The molecule has 0 bridgehead atoms. The molecule has 0 aromatic heterocycles. The van der Waals surface area contributed by atoms with Crippen LogP contribution in [0.25, 0.3) is 0 Å². The van der Waals surface area contributed by atoms with E-state index in [-0.39, 0.29) is 0 Å². The Bertz CT molecular complexity index is 492. The van der Waals surface area contributed by atoms with Crippen LogP contribution >= 0.6 is 0 Å². The van der Waals surface area contributed by atoms with E-state index in [1.165, 1.54) is 6.26 Å². The molecule has 0 aliphatic heterocycles. The highest BCUT2D eigenvalue weighted by Crippen LogP contribution is 2.28. The second-order valence-corrected chi connectivity index (χ2v) is 6.54. The molecule has 4 heteroatoms. The summed E-state index contributed by atoms with van der Waals surface area (Å²) in [7, 11) is -3.16. The van der Waals surface area contributed by atoms with Gasteiger partial charge in [-0.25, -0.2) is 8.42 Å². The maximum absolute atomic E-state index is 11.5. The molecule has 0 aliphatic rings. The Morgan fingerprint density at radius 2 is 1.67 bits per heavy atom. The van der Waals surface area contributed by atoms with E-state index < -0.39 is 14.6 Å². The maximum atomic E-state index is 11.5. The molecule has 0 atom stereocenters. The second-order valence-electron chi connectivity index (χ2n) is 3.97. The minimum atomic E-state index is -3.16. The highest BCUT2D eigenvalue weighted by Gasteiger charge is 2.31. The van der Waals surface area contributed by atoms with Crippen molar-refractivity contribution in [1.29, 1.82) is 5.26 Å². The zero-order valence-corrected chi connectivity index (χ0v) is 9.80. The molecule has 0 radical (unpaired) electrons. The molecule has 1 aromatic rings. The SMILES string of the molecule is CC(C)(c1ccc(C#N)cc1)S(C)(=O)=O. The van der Waals surface area contributed by atoms with Crippen molar-refractivity contribution in [2.24, 2.45) is 0 Å². The first-order chi connectivity index (χ1) is 6.79. The third-order valence-electron chi connectivity index (χ3n) is 2.64. The lowest BCUT2D eigenvalue weighted by atomic mass is 10.0. The van der Waals surface area contributed by atoms with Gasteiger partial charge in [-0.05, 0) is 31.5 Å². The van der Waals surface area contributed by atoms with Crippen LogP contribution in [0.5, 0.6) is 0 Å². The van der Waals surface area contributed by atoms with Crippen molar-refractivity contribution in [2.75, 3.05) is 6.26 Å². The second kappa shape index (κ2) is 3.67. The predicted molar refractivity (Wildman–Crippen MR) is 59.0 cm³/mol. The van der Waals surface area contributed by atoms with Gasteiger partial charge < -0.3 is 0 Å². The summed E-state index contributed by atoms with van der Waals surface area (Å²) < 4.78 is 22.2. The zero-order valence-electron chi connectivity index (χ0n) is 8.98. The number of hydrogen-bond acceptors (Lipinski definition) is 3. The van der Waals surface area contributed by atoms with Crippen LogP contribution in [0.15, 0.2) is 24.3 Å². The van der Waals surface area contributed by atoms with Crippen LogP contribution in [-0.2, 0) is 14.6 Å². The molecule has 1 rings (SSSR count). The van der Waals surface area contributed by atoms with Gasteiger partial charge in [-0.3, -0.25) is 0 Å². The fraction of sp³-hybridized carbons (Fsp3) is 0.364. The van der Waals surface area contributed by atoms with Crippen molar-refractivity contribution < 1.29 is 8.42 Å². The minimum Gasteiger partial charge on any atom is -0.228 e. The number of rotatable bonds is 2. The Kier molecular flexibility index (Phi) is 2.87. The van der Waals surface area contributed by atoms with Crippen molar-refractivity contribution in [1.82, 2.24) is 0 Å². The summed E-state index contributed by atoms with van der Waals surface area (Å²) in [5.41, 5.74) is 1.23. The molecule has 3 nitrogen and oxygen atoms in total. The van der Waals surface area contributed by atoms with Gasteiger partial charge in [-0.2, -0.15) is 5.26 Å². The summed E-state index contributed by atoms with van der Waals surface area (Å²) >= 11 is 0. The van der Waals surface area contributed by atoms with E-state index in [0.29, 0.717) is 11.1 Å². The average Bonchev–Trinajstić information content (AvgIpc) is 2.16. The molecule has 0 saturated heterocycles. The van der Waals surface area contributed by atoms with Gasteiger partial charge in [0.25, 0.3) is 0 Å². The van der Waals surface area contributed by atoms with E-state index in [1.54, 1.807) is 38.1 Å². The molecule has 0 spiro atoms. The standard InChI is InChI=1S/C11H13NO2S/c1-11(2,15(3,13)14)10-6-4-9(8-12)5-7-10/h4-7H,1-3H3. The number of hydrogen-bond donors (Lipinski definition) is 0.